The van der Waals surface area contributed by atoms with Crippen LogP contribution in [0.5, 0.6) is 0 Å². The Morgan fingerprint density at radius 2 is 2.00 bits per heavy atom. The number of rotatable bonds is 3. The molecule has 0 radical (unpaired) electrons. The average Bonchev–Trinajstić information content (AvgIpc) is 2.97. The smallest absolute Gasteiger partial charge is 0.258 e. The molecule has 2 unspecified atom stereocenters. The van der Waals surface area contributed by atoms with Crippen LogP contribution in [0.3, 0.4) is 0 Å². The Kier molecular flexibility index (Phi) is 3.94. The predicted octanol–water partition coefficient (Wildman–Crippen LogP) is 2.59. The first kappa shape index (κ1) is 14.1. The molecule has 21 heavy (non-hydrogen) atoms. The summed E-state index contributed by atoms with van der Waals surface area (Å²) in [5.41, 5.74) is -0.0781. The summed E-state index contributed by atoms with van der Waals surface area (Å²) in [6, 6.07) is 3.72. The Bertz CT molecular complexity index is 606. The molecular weight excluding hydrogens is 282 g/mol. The van der Waals surface area contributed by atoms with Crippen molar-refractivity contribution in [3.63, 3.8) is 0 Å². The summed E-state index contributed by atoms with van der Waals surface area (Å²) in [6.07, 6.45) is -0.433. The van der Waals surface area contributed by atoms with Gasteiger partial charge in [0.05, 0.1) is 25.7 Å². The zero-order valence-corrected chi connectivity index (χ0v) is 11.4. The Morgan fingerprint density at radius 1 is 1.24 bits per heavy atom. The van der Waals surface area contributed by atoms with E-state index in [-0.39, 0.29) is 17.3 Å². The topological polar surface area (TPSA) is 57.4 Å². The van der Waals surface area contributed by atoms with Gasteiger partial charge in [-0.3, -0.25) is 0 Å². The van der Waals surface area contributed by atoms with Crippen molar-refractivity contribution in [2.45, 2.75) is 18.9 Å². The van der Waals surface area contributed by atoms with Crippen LogP contribution in [-0.2, 0) is 9.47 Å². The molecule has 1 aliphatic rings. The summed E-state index contributed by atoms with van der Waals surface area (Å²) in [4.78, 5) is 4.18. The van der Waals surface area contributed by atoms with Crippen LogP contribution in [0.4, 0.5) is 8.78 Å². The lowest BCUT2D eigenvalue weighted by molar-refractivity contribution is -0.101. The zero-order chi connectivity index (χ0) is 14.8. The van der Waals surface area contributed by atoms with Crippen LogP contribution in [0.15, 0.2) is 22.7 Å². The highest BCUT2D eigenvalue weighted by Crippen LogP contribution is 2.28. The van der Waals surface area contributed by atoms with Crippen LogP contribution in [0, 0.1) is 11.6 Å². The van der Waals surface area contributed by atoms with E-state index in [1.165, 1.54) is 18.2 Å². The number of halogens is 2. The van der Waals surface area contributed by atoms with Crippen LogP contribution in [0.25, 0.3) is 0 Å². The van der Waals surface area contributed by atoms with E-state index in [4.69, 9.17) is 14.0 Å². The summed E-state index contributed by atoms with van der Waals surface area (Å²) < 4.78 is 43.4. The predicted molar refractivity (Wildman–Crippen MR) is 67.7 cm³/mol. The van der Waals surface area contributed by atoms with E-state index < -0.39 is 23.7 Å². The first-order valence-electron chi connectivity index (χ1n) is 6.63. The molecule has 2 atom stereocenters. The van der Waals surface area contributed by atoms with Crippen LogP contribution in [-0.4, -0.2) is 30.0 Å². The molecule has 1 aliphatic heterocycles. The van der Waals surface area contributed by atoms with Crippen molar-refractivity contribution in [3.8, 4) is 0 Å². The molecule has 7 heteroatoms. The van der Waals surface area contributed by atoms with Gasteiger partial charge in [0.1, 0.15) is 11.6 Å². The van der Waals surface area contributed by atoms with Crippen molar-refractivity contribution in [1.29, 1.82) is 0 Å². The molecule has 0 amide bonds. The number of benzene rings is 1. The normalized spacial score (nSPS) is 20.4. The maximum atomic E-state index is 13.8. The minimum Gasteiger partial charge on any atom is -0.376 e. The largest absolute Gasteiger partial charge is 0.376 e. The average molecular weight is 296 g/mol. The fraction of sp³-hybridized carbons (Fsp3) is 0.429. The van der Waals surface area contributed by atoms with E-state index in [1.54, 1.807) is 6.92 Å². The summed E-state index contributed by atoms with van der Waals surface area (Å²) in [6.45, 7) is 2.91. The molecule has 0 bridgehead atoms. The Balaban J connectivity index is 1.85. The summed E-state index contributed by atoms with van der Waals surface area (Å²) in [5.74, 6) is -1.46. The van der Waals surface area contributed by atoms with Crippen LogP contribution in [0.2, 0.25) is 0 Å². The molecular formula is C14H14F2N2O3. The van der Waals surface area contributed by atoms with Crippen molar-refractivity contribution >= 4 is 0 Å². The van der Waals surface area contributed by atoms with Gasteiger partial charge >= 0.3 is 0 Å². The molecule has 2 aromatic rings. The lowest BCUT2D eigenvalue weighted by atomic mass is 9.99. The second-order valence-corrected chi connectivity index (χ2v) is 4.78. The van der Waals surface area contributed by atoms with Crippen molar-refractivity contribution < 1.29 is 22.8 Å². The molecule has 1 saturated heterocycles. The Morgan fingerprint density at radius 3 is 2.67 bits per heavy atom. The van der Waals surface area contributed by atoms with Crippen molar-refractivity contribution in [2.24, 2.45) is 0 Å². The highest BCUT2D eigenvalue weighted by atomic mass is 19.1. The van der Waals surface area contributed by atoms with Crippen LogP contribution >= 0.6 is 0 Å². The van der Waals surface area contributed by atoms with E-state index in [9.17, 15) is 8.78 Å². The van der Waals surface area contributed by atoms with Crippen molar-refractivity contribution in [1.82, 2.24) is 10.1 Å². The minimum absolute atomic E-state index is 0.0781. The molecule has 2 heterocycles. The van der Waals surface area contributed by atoms with Gasteiger partial charge in [-0.15, -0.1) is 0 Å². The van der Waals surface area contributed by atoms with Crippen molar-refractivity contribution in [3.05, 3.63) is 47.1 Å². The molecule has 3 rings (SSSR count). The molecule has 112 valence electrons. The second kappa shape index (κ2) is 5.87. The number of hydrogen-bond donors (Lipinski definition) is 0. The van der Waals surface area contributed by atoms with E-state index in [1.807, 2.05) is 0 Å². The molecule has 0 N–H and O–H groups in total. The third kappa shape index (κ3) is 2.79. The number of hydrogen-bond acceptors (Lipinski definition) is 5. The molecule has 0 aliphatic carbocycles. The first-order valence-corrected chi connectivity index (χ1v) is 6.63. The van der Waals surface area contributed by atoms with E-state index >= 15 is 0 Å². The van der Waals surface area contributed by atoms with Crippen molar-refractivity contribution in [2.75, 3.05) is 19.8 Å². The molecule has 5 nitrogen and oxygen atoms in total. The van der Waals surface area contributed by atoms with Crippen LogP contribution in [0.1, 0.15) is 36.2 Å². The fourth-order valence-corrected chi connectivity index (χ4v) is 2.24. The monoisotopic (exact) mass is 296 g/mol. The molecule has 1 aromatic heterocycles. The molecule has 0 spiro atoms. The van der Waals surface area contributed by atoms with Crippen LogP contribution < -0.4 is 0 Å². The highest BCUT2D eigenvalue weighted by molar-refractivity contribution is 5.27. The first-order chi connectivity index (χ1) is 10.2. The van der Waals surface area contributed by atoms with Gasteiger partial charge < -0.3 is 14.0 Å². The van der Waals surface area contributed by atoms with Gasteiger partial charge in [0.2, 0.25) is 0 Å². The third-order valence-electron chi connectivity index (χ3n) is 3.37. The van der Waals surface area contributed by atoms with Gasteiger partial charge in [-0.2, -0.15) is 4.98 Å². The molecule has 1 fully saturated rings. The molecule has 1 aromatic carbocycles. The standard InChI is InChI=1S/C14H14F2N2O3/c1-8(12-9(15)3-2-4-10(12)16)13-17-14(21-18-13)11-7-19-5-6-20-11/h2-4,8,11H,5-7H2,1H3. The summed E-state index contributed by atoms with van der Waals surface area (Å²) in [5, 5.41) is 3.79. The lowest BCUT2D eigenvalue weighted by Gasteiger charge is -2.19. The quantitative estimate of drug-likeness (QED) is 0.871. The van der Waals surface area contributed by atoms with Gasteiger partial charge in [-0.25, -0.2) is 8.78 Å². The number of ether oxygens (including phenoxy) is 2. The van der Waals surface area contributed by atoms with E-state index in [0.29, 0.717) is 19.8 Å². The Hall–Kier alpha value is -1.86. The van der Waals surface area contributed by atoms with Gasteiger partial charge in [-0.1, -0.05) is 18.1 Å². The second-order valence-electron chi connectivity index (χ2n) is 4.78. The minimum atomic E-state index is -0.659. The van der Waals surface area contributed by atoms with E-state index in [2.05, 4.69) is 10.1 Å². The van der Waals surface area contributed by atoms with Gasteiger partial charge in [-0.05, 0) is 12.1 Å². The van der Waals surface area contributed by atoms with Gasteiger partial charge in [0.25, 0.3) is 5.89 Å². The SMILES string of the molecule is CC(c1noc(C2COCCO2)n1)c1c(F)cccc1F. The summed E-state index contributed by atoms with van der Waals surface area (Å²) >= 11 is 0. The third-order valence-corrected chi connectivity index (χ3v) is 3.37. The van der Waals surface area contributed by atoms with Gasteiger partial charge in [0, 0.05) is 5.56 Å². The fourth-order valence-electron chi connectivity index (χ4n) is 2.24. The number of nitrogens with zero attached hydrogens (tertiary/aromatic N) is 2. The summed E-state index contributed by atoms with van der Waals surface area (Å²) in [7, 11) is 0. The maximum absolute atomic E-state index is 13.8. The van der Waals surface area contributed by atoms with E-state index in [0.717, 1.165) is 0 Å². The number of aromatic nitrogens is 2. The Labute approximate surface area is 119 Å². The highest BCUT2D eigenvalue weighted by Gasteiger charge is 2.27. The van der Waals surface area contributed by atoms with Gasteiger partial charge in [0.15, 0.2) is 11.9 Å². The molecule has 0 saturated carbocycles. The maximum Gasteiger partial charge on any atom is 0.258 e. The zero-order valence-electron chi connectivity index (χ0n) is 11.4. The lowest BCUT2D eigenvalue weighted by Crippen LogP contribution is -2.22.